The first kappa shape index (κ1) is 15.0. The minimum absolute atomic E-state index is 0.230. The van der Waals surface area contributed by atoms with Gasteiger partial charge in [-0.05, 0) is 29.3 Å². The van der Waals surface area contributed by atoms with Crippen LogP contribution in [-0.4, -0.2) is 11.0 Å². The van der Waals surface area contributed by atoms with Gasteiger partial charge >= 0.3 is 0 Å². The van der Waals surface area contributed by atoms with Crippen molar-refractivity contribution in [3.8, 4) is 28.2 Å². The number of nitrogens with two attached hydrogens (primary N) is 1. The summed E-state index contributed by atoms with van der Waals surface area (Å²) < 4.78 is 5.87. The molecule has 0 spiro atoms. The molecular formula is C21H15NO3. The molecule has 122 valence electrons. The van der Waals surface area contributed by atoms with Crippen molar-refractivity contribution in [3.05, 3.63) is 78.4 Å². The summed E-state index contributed by atoms with van der Waals surface area (Å²) in [5.41, 5.74) is 9.38. The molecule has 4 aromatic rings. The number of phenols is 1. The summed E-state index contributed by atoms with van der Waals surface area (Å²) in [4.78, 5) is 11.9. The molecule has 4 heteroatoms. The molecule has 1 heterocycles. The molecule has 3 N–H and O–H groups in total. The fourth-order valence-corrected chi connectivity index (χ4v) is 2.96. The molecule has 1 amide bonds. The van der Waals surface area contributed by atoms with E-state index in [1.54, 1.807) is 12.1 Å². The van der Waals surface area contributed by atoms with Gasteiger partial charge in [0.05, 0.1) is 5.56 Å². The van der Waals surface area contributed by atoms with Gasteiger partial charge in [-0.15, -0.1) is 0 Å². The highest BCUT2D eigenvalue weighted by Crippen LogP contribution is 2.34. The topological polar surface area (TPSA) is 76.5 Å². The van der Waals surface area contributed by atoms with Crippen molar-refractivity contribution >= 4 is 16.9 Å². The van der Waals surface area contributed by atoms with E-state index in [2.05, 4.69) is 0 Å². The molecule has 0 aliphatic rings. The molecule has 0 aliphatic heterocycles. The molecule has 0 fully saturated rings. The number of carbonyl (C=O) groups is 1. The zero-order valence-electron chi connectivity index (χ0n) is 13.3. The minimum atomic E-state index is -0.512. The number of fused-ring (bicyclic) bond motifs is 1. The van der Waals surface area contributed by atoms with E-state index in [9.17, 15) is 9.90 Å². The van der Waals surface area contributed by atoms with Gasteiger partial charge in [-0.25, -0.2) is 0 Å². The lowest BCUT2D eigenvalue weighted by Gasteiger charge is -2.04. The normalized spacial score (nSPS) is 10.9. The Morgan fingerprint density at radius 1 is 0.800 bits per heavy atom. The summed E-state index contributed by atoms with van der Waals surface area (Å²) in [5, 5.41) is 10.1. The van der Waals surface area contributed by atoms with Crippen molar-refractivity contribution in [3.63, 3.8) is 0 Å². The summed E-state index contributed by atoms with van der Waals surface area (Å²) in [5.74, 6) is 0.197. The van der Waals surface area contributed by atoms with Gasteiger partial charge in [0.15, 0.2) is 0 Å². The van der Waals surface area contributed by atoms with Gasteiger partial charge in [0, 0.05) is 10.9 Å². The van der Waals surface area contributed by atoms with E-state index in [-0.39, 0.29) is 5.75 Å². The average Bonchev–Trinajstić information content (AvgIpc) is 3.02. The maximum absolute atomic E-state index is 11.9. The molecular weight excluding hydrogens is 314 g/mol. The zero-order chi connectivity index (χ0) is 17.4. The molecule has 0 aliphatic carbocycles. The van der Waals surface area contributed by atoms with Crippen molar-refractivity contribution in [2.24, 2.45) is 5.73 Å². The van der Waals surface area contributed by atoms with Crippen LogP contribution in [0.15, 0.2) is 77.2 Å². The number of amides is 1. The van der Waals surface area contributed by atoms with Crippen LogP contribution in [0.4, 0.5) is 0 Å². The fraction of sp³-hybridized carbons (Fsp3) is 0. The first-order chi connectivity index (χ1) is 12.1. The van der Waals surface area contributed by atoms with Crippen molar-refractivity contribution in [2.45, 2.75) is 0 Å². The van der Waals surface area contributed by atoms with Crippen LogP contribution < -0.4 is 5.73 Å². The van der Waals surface area contributed by atoms with Gasteiger partial charge in [0.1, 0.15) is 17.1 Å². The monoisotopic (exact) mass is 329 g/mol. The Morgan fingerprint density at radius 3 is 2.00 bits per heavy atom. The molecule has 0 atom stereocenters. The van der Waals surface area contributed by atoms with Crippen molar-refractivity contribution in [1.82, 2.24) is 0 Å². The molecule has 3 aromatic carbocycles. The first-order valence-corrected chi connectivity index (χ1v) is 7.84. The Morgan fingerprint density at radius 2 is 1.36 bits per heavy atom. The highest BCUT2D eigenvalue weighted by molar-refractivity contribution is 6.10. The van der Waals surface area contributed by atoms with Crippen LogP contribution >= 0.6 is 0 Å². The van der Waals surface area contributed by atoms with Crippen LogP contribution in [0.3, 0.4) is 0 Å². The molecule has 0 saturated carbocycles. The quantitative estimate of drug-likeness (QED) is 0.578. The second-order valence-electron chi connectivity index (χ2n) is 5.79. The zero-order valence-corrected chi connectivity index (χ0v) is 13.3. The van der Waals surface area contributed by atoms with Crippen LogP contribution in [0.1, 0.15) is 10.4 Å². The molecule has 1 aromatic heterocycles. The molecule has 4 nitrogen and oxygen atoms in total. The number of hydrogen-bond donors (Lipinski definition) is 2. The Balaban J connectivity index is 1.80. The Labute approximate surface area is 144 Å². The summed E-state index contributed by atoms with van der Waals surface area (Å²) in [6, 6.07) is 22.0. The fourth-order valence-electron chi connectivity index (χ4n) is 2.96. The summed E-state index contributed by atoms with van der Waals surface area (Å²) in [7, 11) is 0. The van der Waals surface area contributed by atoms with Gasteiger partial charge in [-0.2, -0.15) is 0 Å². The number of furan rings is 1. The number of hydrogen-bond acceptors (Lipinski definition) is 3. The number of para-hydroxylation sites is 1. The highest BCUT2D eigenvalue weighted by Gasteiger charge is 2.19. The molecule has 0 saturated heterocycles. The third kappa shape index (κ3) is 2.64. The second kappa shape index (κ2) is 5.83. The average molecular weight is 329 g/mol. The number of aromatic hydroxyl groups is 1. The van der Waals surface area contributed by atoms with Crippen LogP contribution in [0, 0.1) is 0 Å². The Bertz CT molecular complexity index is 1060. The first-order valence-electron chi connectivity index (χ1n) is 7.84. The molecule has 0 unspecified atom stereocenters. The van der Waals surface area contributed by atoms with Gasteiger partial charge in [-0.3, -0.25) is 4.79 Å². The minimum Gasteiger partial charge on any atom is -0.508 e. The van der Waals surface area contributed by atoms with Crippen molar-refractivity contribution in [2.75, 3.05) is 0 Å². The SMILES string of the molecule is NC(=O)c1c(-c2ccc(-c3ccc(O)cc3)cc2)oc2ccccc12. The lowest BCUT2D eigenvalue weighted by Crippen LogP contribution is -2.11. The van der Waals surface area contributed by atoms with Gasteiger partial charge in [-0.1, -0.05) is 54.6 Å². The predicted molar refractivity (Wildman–Crippen MR) is 97.3 cm³/mol. The summed E-state index contributed by atoms with van der Waals surface area (Å²) in [6.45, 7) is 0. The van der Waals surface area contributed by atoms with Gasteiger partial charge < -0.3 is 15.3 Å². The Hall–Kier alpha value is -3.53. The van der Waals surface area contributed by atoms with Crippen molar-refractivity contribution < 1.29 is 14.3 Å². The van der Waals surface area contributed by atoms with E-state index in [1.165, 1.54) is 0 Å². The van der Waals surface area contributed by atoms with Gasteiger partial charge in [0.2, 0.25) is 0 Å². The number of primary amides is 1. The molecule has 25 heavy (non-hydrogen) atoms. The number of benzene rings is 3. The summed E-state index contributed by atoms with van der Waals surface area (Å²) >= 11 is 0. The smallest absolute Gasteiger partial charge is 0.253 e. The summed E-state index contributed by atoms with van der Waals surface area (Å²) in [6.07, 6.45) is 0. The lowest BCUT2D eigenvalue weighted by molar-refractivity contribution is 0.100. The standard InChI is InChI=1S/C21H15NO3/c22-21(24)19-17-3-1-2-4-18(17)25-20(19)15-7-5-13(6-8-15)14-9-11-16(23)12-10-14/h1-12,23H,(H2,22,24). The van der Waals surface area contributed by atoms with Crippen LogP contribution in [0.2, 0.25) is 0 Å². The second-order valence-corrected chi connectivity index (χ2v) is 5.79. The maximum Gasteiger partial charge on any atom is 0.253 e. The molecule has 0 bridgehead atoms. The van der Waals surface area contributed by atoms with Gasteiger partial charge in [0.25, 0.3) is 5.91 Å². The Kier molecular flexibility index (Phi) is 3.51. The van der Waals surface area contributed by atoms with Crippen LogP contribution in [0.5, 0.6) is 5.75 Å². The maximum atomic E-state index is 11.9. The third-order valence-corrected chi connectivity index (χ3v) is 4.19. The lowest BCUT2D eigenvalue weighted by atomic mass is 10.0. The van der Waals surface area contributed by atoms with Crippen LogP contribution in [-0.2, 0) is 0 Å². The van der Waals surface area contributed by atoms with E-state index in [0.29, 0.717) is 22.3 Å². The van der Waals surface area contributed by atoms with E-state index < -0.39 is 5.91 Å². The van der Waals surface area contributed by atoms with E-state index >= 15 is 0 Å². The van der Waals surface area contributed by atoms with Crippen LogP contribution in [0.25, 0.3) is 33.4 Å². The molecule has 0 radical (unpaired) electrons. The van der Waals surface area contributed by atoms with Crippen molar-refractivity contribution in [1.29, 1.82) is 0 Å². The highest BCUT2D eigenvalue weighted by atomic mass is 16.3. The third-order valence-electron chi connectivity index (χ3n) is 4.19. The predicted octanol–water partition coefficient (Wildman–Crippen LogP) is 4.57. The number of rotatable bonds is 3. The van der Waals surface area contributed by atoms with E-state index in [0.717, 1.165) is 16.7 Å². The number of carbonyl (C=O) groups excluding carboxylic acids is 1. The largest absolute Gasteiger partial charge is 0.508 e. The van der Waals surface area contributed by atoms with E-state index in [4.69, 9.17) is 10.2 Å². The number of phenolic OH excluding ortho intramolecular Hbond substituents is 1. The molecule has 4 rings (SSSR count). The van der Waals surface area contributed by atoms with E-state index in [1.807, 2.05) is 60.7 Å².